The molecule has 1 fully saturated rings. The highest BCUT2D eigenvalue weighted by atomic mass is 19.1. The second-order valence-electron chi connectivity index (χ2n) is 8.12. The fraction of sp³-hybridized carbons (Fsp3) is 0.391. The fourth-order valence-corrected chi connectivity index (χ4v) is 4.27. The number of aryl methyl sites for hydroxylation is 2. The van der Waals surface area contributed by atoms with Crippen molar-refractivity contribution in [3.05, 3.63) is 47.8 Å². The zero-order valence-electron chi connectivity index (χ0n) is 17.8. The van der Waals surface area contributed by atoms with Gasteiger partial charge in [0.2, 0.25) is 5.88 Å². The highest BCUT2D eigenvalue weighted by molar-refractivity contribution is 5.83. The van der Waals surface area contributed by atoms with Crippen molar-refractivity contribution < 1.29 is 13.9 Å². The molecule has 0 atom stereocenters. The molecule has 0 amide bonds. The molecule has 8 heteroatoms. The minimum Gasteiger partial charge on any atom is -0.492 e. The predicted molar refractivity (Wildman–Crippen MR) is 117 cm³/mol. The number of hydrogen-bond donors (Lipinski definition) is 1. The van der Waals surface area contributed by atoms with Crippen LogP contribution < -0.4 is 9.47 Å². The Bertz CT molecular complexity index is 1230. The van der Waals surface area contributed by atoms with Crippen molar-refractivity contribution >= 4 is 16.4 Å². The summed E-state index contributed by atoms with van der Waals surface area (Å²) in [6.45, 7) is 7.91. The number of hydrogen-bond acceptors (Lipinski definition) is 5. The minimum absolute atomic E-state index is 0.126. The molecule has 1 saturated heterocycles. The van der Waals surface area contributed by atoms with Crippen molar-refractivity contribution in [2.75, 3.05) is 26.2 Å². The summed E-state index contributed by atoms with van der Waals surface area (Å²) in [7, 11) is 0. The third-order valence-corrected chi connectivity index (χ3v) is 5.87. The lowest BCUT2D eigenvalue weighted by molar-refractivity contribution is 0.262. The smallest absolute Gasteiger partial charge is 0.247 e. The third-order valence-electron chi connectivity index (χ3n) is 5.87. The Balaban J connectivity index is 1.36. The van der Waals surface area contributed by atoms with E-state index < -0.39 is 5.82 Å². The van der Waals surface area contributed by atoms with Crippen LogP contribution in [0.4, 0.5) is 4.39 Å². The molecule has 162 valence electrons. The van der Waals surface area contributed by atoms with E-state index in [0.29, 0.717) is 23.4 Å². The van der Waals surface area contributed by atoms with Gasteiger partial charge in [-0.05, 0) is 64.4 Å². The number of ether oxygens (including phenoxy) is 2. The van der Waals surface area contributed by atoms with Crippen LogP contribution in [0.15, 0.2) is 30.7 Å². The van der Waals surface area contributed by atoms with E-state index in [9.17, 15) is 4.39 Å². The van der Waals surface area contributed by atoms with Gasteiger partial charge in [0, 0.05) is 28.7 Å². The molecule has 5 rings (SSSR count). The SMILES string of the molecule is Cc1cc2c(F)c(Oc3ncnn4cc(OCCCN5CCCC5)c(C)c34)ccc2[nH]1. The maximum absolute atomic E-state index is 15.0. The molecule has 1 N–H and O–H groups in total. The van der Waals surface area contributed by atoms with Crippen LogP contribution >= 0.6 is 0 Å². The zero-order valence-corrected chi connectivity index (χ0v) is 17.8. The molecule has 31 heavy (non-hydrogen) atoms. The van der Waals surface area contributed by atoms with E-state index in [4.69, 9.17) is 9.47 Å². The fourth-order valence-electron chi connectivity index (χ4n) is 4.27. The number of nitrogens with one attached hydrogen (secondary N) is 1. The summed E-state index contributed by atoms with van der Waals surface area (Å²) in [4.78, 5) is 9.86. The van der Waals surface area contributed by atoms with E-state index in [1.54, 1.807) is 22.7 Å². The van der Waals surface area contributed by atoms with Gasteiger partial charge in [0.1, 0.15) is 17.6 Å². The van der Waals surface area contributed by atoms with E-state index in [1.165, 1.54) is 32.3 Å². The minimum atomic E-state index is -0.416. The molecule has 3 aromatic heterocycles. The van der Waals surface area contributed by atoms with Gasteiger partial charge >= 0.3 is 0 Å². The predicted octanol–water partition coefficient (Wildman–Crippen LogP) is 4.62. The second kappa shape index (κ2) is 8.19. The highest BCUT2D eigenvalue weighted by Gasteiger charge is 2.18. The van der Waals surface area contributed by atoms with Gasteiger partial charge < -0.3 is 19.4 Å². The molecular weight excluding hydrogens is 397 g/mol. The molecule has 0 bridgehead atoms. The lowest BCUT2D eigenvalue weighted by Crippen LogP contribution is -2.21. The monoisotopic (exact) mass is 423 g/mol. The van der Waals surface area contributed by atoms with Crippen LogP contribution in [0.2, 0.25) is 0 Å². The summed E-state index contributed by atoms with van der Waals surface area (Å²) in [5, 5.41) is 4.77. The van der Waals surface area contributed by atoms with E-state index >= 15 is 0 Å². The first-order valence-electron chi connectivity index (χ1n) is 10.7. The van der Waals surface area contributed by atoms with Gasteiger partial charge in [0.05, 0.1) is 12.8 Å². The molecule has 0 saturated carbocycles. The zero-order chi connectivity index (χ0) is 21.4. The molecule has 0 radical (unpaired) electrons. The first kappa shape index (κ1) is 19.8. The Morgan fingerprint density at radius 2 is 2.00 bits per heavy atom. The Kier molecular flexibility index (Phi) is 5.23. The van der Waals surface area contributed by atoms with Crippen molar-refractivity contribution in [3.63, 3.8) is 0 Å². The van der Waals surface area contributed by atoms with E-state index in [0.717, 1.165) is 35.5 Å². The first-order chi connectivity index (χ1) is 15.1. The lowest BCUT2D eigenvalue weighted by atomic mass is 10.2. The van der Waals surface area contributed by atoms with Crippen LogP contribution in [0, 0.1) is 19.7 Å². The highest BCUT2D eigenvalue weighted by Crippen LogP contribution is 2.34. The van der Waals surface area contributed by atoms with Crippen molar-refractivity contribution in [2.24, 2.45) is 0 Å². The number of aromatic nitrogens is 4. The van der Waals surface area contributed by atoms with E-state index in [2.05, 4.69) is 20.0 Å². The van der Waals surface area contributed by atoms with Crippen molar-refractivity contribution in [2.45, 2.75) is 33.1 Å². The molecule has 4 aromatic rings. The topological polar surface area (TPSA) is 67.7 Å². The summed E-state index contributed by atoms with van der Waals surface area (Å²) < 4.78 is 28.6. The Labute approximate surface area is 179 Å². The third kappa shape index (κ3) is 3.83. The molecular formula is C23H26FN5O2. The van der Waals surface area contributed by atoms with Gasteiger partial charge in [-0.1, -0.05) is 0 Å². The van der Waals surface area contributed by atoms with Crippen LogP contribution in [0.3, 0.4) is 0 Å². The molecule has 0 spiro atoms. The molecule has 0 unspecified atom stereocenters. The van der Waals surface area contributed by atoms with Gasteiger partial charge in [-0.15, -0.1) is 0 Å². The molecule has 1 aliphatic rings. The average Bonchev–Trinajstić information content (AvgIpc) is 3.48. The number of aromatic amines is 1. The van der Waals surface area contributed by atoms with Crippen LogP contribution in [-0.2, 0) is 0 Å². The summed E-state index contributed by atoms with van der Waals surface area (Å²) in [6, 6.07) is 5.18. The van der Waals surface area contributed by atoms with Gasteiger partial charge in [0.25, 0.3) is 0 Å². The standard InChI is InChI=1S/C23H26FN5O2/c1-15-12-17-18(27-15)6-7-19(21(17)24)31-23-22-16(2)20(13-29(22)26-14-25-23)30-11-5-10-28-8-3-4-9-28/h6-7,12-14,27H,3-5,8-11H2,1-2H3. The summed E-state index contributed by atoms with van der Waals surface area (Å²) in [5.41, 5.74) is 3.17. The van der Waals surface area contributed by atoms with Gasteiger partial charge in [0.15, 0.2) is 11.6 Å². The van der Waals surface area contributed by atoms with Gasteiger partial charge in [-0.3, -0.25) is 0 Å². The maximum atomic E-state index is 15.0. The largest absolute Gasteiger partial charge is 0.492 e. The summed E-state index contributed by atoms with van der Waals surface area (Å²) >= 11 is 0. The van der Waals surface area contributed by atoms with Crippen molar-refractivity contribution in [1.29, 1.82) is 0 Å². The molecule has 0 aliphatic carbocycles. The van der Waals surface area contributed by atoms with Crippen LogP contribution in [-0.4, -0.2) is 50.7 Å². The second-order valence-corrected chi connectivity index (χ2v) is 8.12. The van der Waals surface area contributed by atoms with E-state index in [-0.39, 0.29) is 5.75 Å². The number of H-pyrrole nitrogens is 1. The normalized spacial score (nSPS) is 14.7. The van der Waals surface area contributed by atoms with Crippen LogP contribution in [0.5, 0.6) is 17.4 Å². The number of nitrogens with zero attached hydrogens (tertiary/aromatic N) is 4. The number of fused-ring (bicyclic) bond motifs is 2. The average molecular weight is 423 g/mol. The molecule has 1 aromatic carbocycles. The Hall–Kier alpha value is -3.13. The Morgan fingerprint density at radius 1 is 1.16 bits per heavy atom. The van der Waals surface area contributed by atoms with Gasteiger partial charge in [-0.25, -0.2) is 8.91 Å². The number of likely N-dealkylation sites (tertiary alicyclic amines) is 1. The molecule has 4 heterocycles. The number of benzene rings is 1. The van der Waals surface area contributed by atoms with Crippen molar-refractivity contribution in [1.82, 2.24) is 24.5 Å². The van der Waals surface area contributed by atoms with Gasteiger partial charge in [-0.2, -0.15) is 10.1 Å². The van der Waals surface area contributed by atoms with Crippen LogP contribution in [0.1, 0.15) is 30.5 Å². The Morgan fingerprint density at radius 3 is 2.84 bits per heavy atom. The first-order valence-corrected chi connectivity index (χ1v) is 10.7. The van der Waals surface area contributed by atoms with Crippen LogP contribution in [0.25, 0.3) is 16.4 Å². The van der Waals surface area contributed by atoms with E-state index in [1.807, 2.05) is 20.0 Å². The number of halogens is 1. The lowest BCUT2D eigenvalue weighted by Gasteiger charge is -2.14. The molecule has 7 nitrogen and oxygen atoms in total. The molecule has 1 aliphatic heterocycles. The van der Waals surface area contributed by atoms with Crippen molar-refractivity contribution in [3.8, 4) is 17.4 Å². The maximum Gasteiger partial charge on any atom is 0.247 e. The number of rotatable bonds is 7. The summed E-state index contributed by atoms with van der Waals surface area (Å²) in [6.07, 6.45) is 6.79. The quantitative estimate of drug-likeness (QED) is 0.439. The summed E-state index contributed by atoms with van der Waals surface area (Å²) in [5.74, 6) is 0.746.